The molecule has 0 aliphatic carbocycles. The number of rotatable bonds is 8. The van der Waals surface area contributed by atoms with Crippen LogP contribution in [-0.4, -0.2) is 53.8 Å². The first kappa shape index (κ1) is 20.4. The third kappa shape index (κ3) is 12.6. The molecule has 0 spiro atoms. The summed E-state index contributed by atoms with van der Waals surface area (Å²) in [5.41, 5.74) is 10.1. The minimum atomic E-state index is -0.928. The summed E-state index contributed by atoms with van der Waals surface area (Å²) in [6.45, 7) is 2.26. The van der Waals surface area contributed by atoms with Crippen LogP contribution in [0.25, 0.3) is 0 Å². The molecular weight excluding hydrogens is 266 g/mol. The maximum Gasteiger partial charge on any atom is 0.320 e. The quantitative estimate of drug-likeness (QED) is 0.164. The molecule has 9 heteroatoms. The van der Waals surface area contributed by atoms with Crippen molar-refractivity contribution in [2.24, 2.45) is 11.5 Å². The van der Waals surface area contributed by atoms with E-state index in [0.717, 1.165) is 0 Å². The summed E-state index contributed by atoms with van der Waals surface area (Å²) in [4.78, 5) is 20.3. The minimum absolute atomic E-state index is 0.0867. The van der Waals surface area contributed by atoms with Gasteiger partial charge in [0.1, 0.15) is 12.1 Å². The minimum Gasteiger partial charge on any atom is -0.480 e. The lowest BCUT2D eigenvalue weighted by Crippen LogP contribution is -2.36. The van der Waals surface area contributed by atoms with Crippen LogP contribution >= 0.6 is 0 Å². The highest BCUT2D eigenvalue weighted by Gasteiger charge is 2.13. The van der Waals surface area contributed by atoms with Gasteiger partial charge in [0.15, 0.2) is 5.96 Å². The Kier molecular flexibility index (Phi) is 12.5. The van der Waals surface area contributed by atoms with Gasteiger partial charge in [-0.1, -0.05) is 6.92 Å². The van der Waals surface area contributed by atoms with Gasteiger partial charge < -0.3 is 32.3 Å². The highest BCUT2D eigenvalue weighted by Crippen LogP contribution is 1.95. The van der Waals surface area contributed by atoms with Crippen LogP contribution in [0.4, 0.5) is 0 Å². The summed E-state index contributed by atoms with van der Waals surface area (Å²) in [5, 5.41) is 28.8. The fourth-order valence-corrected chi connectivity index (χ4v) is 1.10. The van der Waals surface area contributed by atoms with Gasteiger partial charge in [-0.2, -0.15) is 0 Å². The Morgan fingerprint density at radius 1 is 1.30 bits per heavy atom. The van der Waals surface area contributed by atoms with Crippen LogP contribution in [0.1, 0.15) is 26.2 Å². The van der Waals surface area contributed by atoms with Crippen molar-refractivity contribution >= 4 is 17.9 Å². The molecule has 9 nitrogen and oxygen atoms in total. The Morgan fingerprint density at radius 3 is 2.10 bits per heavy atom. The predicted octanol–water partition coefficient (Wildman–Crippen LogP) is -1.27. The van der Waals surface area contributed by atoms with E-state index in [1.54, 1.807) is 14.0 Å². The number of nitrogens with two attached hydrogens (primary N) is 2. The lowest BCUT2D eigenvalue weighted by Gasteiger charge is -2.10. The number of hydrogen-bond acceptors (Lipinski definition) is 5. The molecule has 118 valence electrons. The topological polar surface area (TPSA) is 175 Å². The molecule has 0 saturated carbocycles. The molecule has 0 saturated heterocycles. The van der Waals surface area contributed by atoms with Crippen LogP contribution in [0, 0.1) is 5.41 Å². The van der Waals surface area contributed by atoms with Gasteiger partial charge in [0.2, 0.25) is 0 Å². The Bertz CT molecular complexity index is 311. The Balaban J connectivity index is 0. The van der Waals surface area contributed by atoms with E-state index in [9.17, 15) is 9.59 Å². The van der Waals surface area contributed by atoms with E-state index >= 15 is 0 Å². The molecule has 0 rings (SSSR count). The summed E-state index contributed by atoms with van der Waals surface area (Å²) in [6.07, 6.45) is 1.68. The van der Waals surface area contributed by atoms with E-state index in [1.807, 2.05) is 0 Å². The van der Waals surface area contributed by atoms with Gasteiger partial charge in [0, 0.05) is 6.54 Å². The number of aliphatic carboxylic acids is 2. The fraction of sp³-hybridized carbons (Fsp3) is 0.727. The second-order valence-electron chi connectivity index (χ2n) is 4.02. The van der Waals surface area contributed by atoms with Crippen molar-refractivity contribution in [3.8, 4) is 0 Å². The average Bonchev–Trinajstić information content (AvgIpc) is 2.37. The highest BCUT2D eigenvalue weighted by molar-refractivity contribution is 5.74. The molecule has 9 N–H and O–H groups in total. The van der Waals surface area contributed by atoms with Crippen LogP contribution in [0.15, 0.2) is 0 Å². The van der Waals surface area contributed by atoms with Gasteiger partial charge in [-0.25, -0.2) is 0 Å². The highest BCUT2D eigenvalue weighted by atomic mass is 16.4. The molecule has 0 aromatic carbocycles. The molecule has 0 fully saturated rings. The molecule has 0 radical (unpaired) electrons. The Morgan fingerprint density at radius 2 is 1.85 bits per heavy atom. The van der Waals surface area contributed by atoms with E-state index in [2.05, 4.69) is 10.6 Å². The number of likely N-dealkylation sites (N-methyl/N-ethyl adjacent to an activating group) is 1. The third-order valence-corrected chi connectivity index (χ3v) is 2.39. The number of hydrogen-bond donors (Lipinski definition) is 7. The predicted molar refractivity (Wildman–Crippen MR) is 75.5 cm³/mol. The zero-order chi connectivity index (χ0) is 16.1. The van der Waals surface area contributed by atoms with Crippen LogP contribution in [0.2, 0.25) is 0 Å². The monoisotopic (exact) mass is 291 g/mol. The first-order chi connectivity index (χ1) is 9.26. The van der Waals surface area contributed by atoms with Crippen molar-refractivity contribution in [2.45, 2.75) is 38.3 Å². The SMILES string of the molecule is CCC(N)C(=O)O.CN[C@@H](CCCNC(=N)N)C(=O)O. The second-order valence-corrected chi connectivity index (χ2v) is 4.02. The number of carbonyl (C=O) groups is 2. The standard InChI is InChI=1S/C7H16N4O2.C4H9NO2/c1-10-5(6(12)13)3-2-4-11-7(8)9;1-2-3(5)4(6)7/h5,10H,2-4H2,1H3,(H,12,13)(H4,8,9,11);3H,2,5H2,1H3,(H,6,7)/t5-;/m0./s1. The van der Waals surface area contributed by atoms with Crippen LogP contribution < -0.4 is 22.1 Å². The molecular formula is C11H25N5O4. The normalized spacial score (nSPS) is 12.6. The molecule has 0 aromatic rings. The summed E-state index contributed by atoms with van der Waals surface area (Å²) >= 11 is 0. The molecule has 0 amide bonds. The van der Waals surface area contributed by atoms with Crippen LogP contribution in [-0.2, 0) is 9.59 Å². The van der Waals surface area contributed by atoms with Gasteiger partial charge in [0.05, 0.1) is 0 Å². The van der Waals surface area contributed by atoms with Gasteiger partial charge in [-0.3, -0.25) is 15.0 Å². The number of carboxylic acids is 2. The van der Waals surface area contributed by atoms with Gasteiger partial charge in [0.25, 0.3) is 0 Å². The fourth-order valence-electron chi connectivity index (χ4n) is 1.10. The zero-order valence-corrected chi connectivity index (χ0v) is 11.8. The largest absolute Gasteiger partial charge is 0.480 e. The lowest BCUT2D eigenvalue weighted by molar-refractivity contribution is -0.140. The van der Waals surface area contributed by atoms with Crippen molar-refractivity contribution in [1.82, 2.24) is 10.6 Å². The Hall–Kier alpha value is -1.87. The molecule has 0 bridgehead atoms. The van der Waals surface area contributed by atoms with Gasteiger partial charge in [-0.05, 0) is 26.3 Å². The first-order valence-electron chi connectivity index (χ1n) is 6.22. The molecule has 0 aliphatic heterocycles. The van der Waals surface area contributed by atoms with Crippen molar-refractivity contribution in [2.75, 3.05) is 13.6 Å². The summed E-state index contributed by atoms with van der Waals surface area (Å²) in [5.74, 6) is -1.87. The zero-order valence-electron chi connectivity index (χ0n) is 11.8. The number of nitrogens with one attached hydrogen (secondary N) is 3. The van der Waals surface area contributed by atoms with Gasteiger partial charge >= 0.3 is 11.9 Å². The van der Waals surface area contributed by atoms with E-state index in [4.69, 9.17) is 27.1 Å². The summed E-state index contributed by atoms with van der Waals surface area (Å²) in [7, 11) is 1.61. The van der Waals surface area contributed by atoms with Crippen molar-refractivity contribution in [1.29, 1.82) is 5.41 Å². The van der Waals surface area contributed by atoms with E-state index < -0.39 is 24.0 Å². The van der Waals surface area contributed by atoms with Crippen molar-refractivity contribution in [3.05, 3.63) is 0 Å². The molecule has 1 unspecified atom stereocenters. The van der Waals surface area contributed by atoms with Gasteiger partial charge in [-0.15, -0.1) is 0 Å². The Labute approximate surface area is 118 Å². The molecule has 0 heterocycles. The summed E-state index contributed by atoms with van der Waals surface area (Å²) < 4.78 is 0. The molecule has 0 aliphatic rings. The first-order valence-corrected chi connectivity index (χ1v) is 6.22. The van der Waals surface area contributed by atoms with Crippen LogP contribution in [0.3, 0.4) is 0 Å². The van der Waals surface area contributed by atoms with Crippen LogP contribution in [0.5, 0.6) is 0 Å². The number of carboxylic acid groups (broad SMARTS) is 2. The maximum atomic E-state index is 10.5. The van der Waals surface area contributed by atoms with Crippen molar-refractivity contribution < 1.29 is 19.8 Å². The number of guanidine groups is 1. The molecule has 0 aromatic heterocycles. The van der Waals surface area contributed by atoms with E-state index in [0.29, 0.717) is 25.8 Å². The molecule has 20 heavy (non-hydrogen) atoms. The average molecular weight is 291 g/mol. The van der Waals surface area contributed by atoms with E-state index in [-0.39, 0.29) is 5.96 Å². The third-order valence-electron chi connectivity index (χ3n) is 2.39. The summed E-state index contributed by atoms with van der Waals surface area (Å²) in [6, 6.07) is -1.20. The molecule has 2 atom stereocenters. The maximum absolute atomic E-state index is 10.5. The van der Waals surface area contributed by atoms with Crippen molar-refractivity contribution in [3.63, 3.8) is 0 Å². The smallest absolute Gasteiger partial charge is 0.320 e. The second kappa shape index (κ2) is 12.2. The van der Waals surface area contributed by atoms with E-state index in [1.165, 1.54) is 0 Å². The lowest BCUT2D eigenvalue weighted by atomic mass is 10.1.